The van der Waals surface area contributed by atoms with Gasteiger partial charge in [0.15, 0.2) is 11.9 Å². The van der Waals surface area contributed by atoms with Crippen molar-refractivity contribution in [2.75, 3.05) is 0 Å². The molecule has 0 amide bonds. The molecule has 1 atom stereocenters. The van der Waals surface area contributed by atoms with Gasteiger partial charge in [0.05, 0.1) is 0 Å². The third-order valence-electron chi connectivity index (χ3n) is 5.63. The number of benzene rings is 1. The van der Waals surface area contributed by atoms with Crippen LogP contribution in [0.2, 0.25) is 0 Å². The van der Waals surface area contributed by atoms with Crippen LogP contribution in [0.3, 0.4) is 0 Å². The van der Waals surface area contributed by atoms with E-state index in [2.05, 4.69) is 29.9 Å². The topological polar surface area (TPSA) is 58.8 Å². The Kier molecular flexibility index (Phi) is 12.3. The number of ether oxygens (including phenoxy) is 1. The van der Waals surface area contributed by atoms with Crippen LogP contribution in [0.5, 0.6) is 5.75 Å². The maximum Gasteiger partial charge on any atom is 0.184 e. The average Bonchev–Trinajstić information content (AvgIpc) is 2.81. The Morgan fingerprint density at radius 2 is 1.39 bits per heavy atom. The molecule has 1 aromatic heterocycles. The standard InChI is InChI=1S/C27H39N3O/c1-3-5-7-8-9-10-11-12-13-14-23-21-29-27(30-22-23)24-16-18-25(19-17-24)31-26(20-28)15-6-4-2/h16-19,21-22,26H,3-15H2,1-2H3/t26-/m0/s1. The van der Waals surface area contributed by atoms with Crippen LogP contribution in [-0.2, 0) is 6.42 Å². The Morgan fingerprint density at radius 1 is 0.806 bits per heavy atom. The fraction of sp³-hybridized carbons (Fsp3) is 0.593. The minimum atomic E-state index is -0.387. The molecule has 0 unspecified atom stereocenters. The number of hydrogen-bond donors (Lipinski definition) is 0. The molecule has 0 bridgehead atoms. The molecule has 31 heavy (non-hydrogen) atoms. The normalized spacial score (nSPS) is 11.8. The van der Waals surface area contributed by atoms with Crippen LogP contribution in [0.4, 0.5) is 0 Å². The summed E-state index contributed by atoms with van der Waals surface area (Å²) in [6, 6.07) is 9.93. The van der Waals surface area contributed by atoms with Gasteiger partial charge in [0.2, 0.25) is 0 Å². The van der Waals surface area contributed by atoms with Gasteiger partial charge in [-0.25, -0.2) is 9.97 Å². The number of nitriles is 1. The van der Waals surface area contributed by atoms with E-state index in [0.717, 1.165) is 37.1 Å². The van der Waals surface area contributed by atoms with Crippen LogP contribution in [0.25, 0.3) is 11.4 Å². The second-order valence-corrected chi connectivity index (χ2v) is 8.40. The molecular formula is C27H39N3O. The van der Waals surface area contributed by atoms with E-state index in [1.807, 2.05) is 36.7 Å². The lowest BCUT2D eigenvalue weighted by Gasteiger charge is -2.12. The summed E-state index contributed by atoms with van der Waals surface area (Å²) in [5.41, 5.74) is 2.17. The Hall–Kier alpha value is -2.41. The Bertz CT molecular complexity index is 750. The lowest BCUT2D eigenvalue weighted by atomic mass is 10.1. The number of nitrogens with zero attached hydrogens (tertiary/aromatic N) is 3. The lowest BCUT2D eigenvalue weighted by Crippen LogP contribution is -2.13. The SMILES string of the molecule is CCCCCCCCCCCc1cnc(-c2ccc(O[C@H](C#N)CCCC)cc2)nc1. The molecule has 2 rings (SSSR count). The number of hydrogen-bond acceptors (Lipinski definition) is 4. The highest BCUT2D eigenvalue weighted by Gasteiger charge is 2.09. The van der Waals surface area contributed by atoms with Crippen molar-refractivity contribution in [3.05, 3.63) is 42.2 Å². The number of aryl methyl sites for hydroxylation is 1. The van der Waals surface area contributed by atoms with Crippen molar-refractivity contribution < 1.29 is 4.74 Å². The van der Waals surface area contributed by atoms with Gasteiger partial charge in [-0.3, -0.25) is 0 Å². The first-order chi connectivity index (χ1) is 15.3. The first kappa shape index (κ1) is 24.9. The van der Waals surface area contributed by atoms with Crippen LogP contribution in [0.1, 0.15) is 96.5 Å². The third-order valence-corrected chi connectivity index (χ3v) is 5.63. The molecule has 4 heteroatoms. The molecule has 4 nitrogen and oxygen atoms in total. The molecule has 0 saturated carbocycles. The van der Waals surface area contributed by atoms with E-state index >= 15 is 0 Å². The van der Waals surface area contributed by atoms with Crippen LogP contribution in [0, 0.1) is 11.3 Å². The monoisotopic (exact) mass is 421 g/mol. The van der Waals surface area contributed by atoms with E-state index in [-0.39, 0.29) is 6.10 Å². The van der Waals surface area contributed by atoms with Gasteiger partial charge in [0.1, 0.15) is 11.8 Å². The van der Waals surface area contributed by atoms with Crippen LogP contribution >= 0.6 is 0 Å². The Morgan fingerprint density at radius 3 is 1.97 bits per heavy atom. The zero-order chi connectivity index (χ0) is 22.2. The van der Waals surface area contributed by atoms with E-state index in [1.165, 1.54) is 63.4 Å². The molecule has 0 saturated heterocycles. The van der Waals surface area contributed by atoms with Gasteiger partial charge in [0.25, 0.3) is 0 Å². The summed E-state index contributed by atoms with van der Waals surface area (Å²) in [4.78, 5) is 9.10. The molecule has 0 aliphatic carbocycles. The quantitative estimate of drug-likeness (QED) is 0.261. The fourth-order valence-corrected chi connectivity index (χ4v) is 3.66. The van der Waals surface area contributed by atoms with Gasteiger partial charge in [-0.05, 0) is 55.5 Å². The minimum absolute atomic E-state index is 0.387. The zero-order valence-electron chi connectivity index (χ0n) is 19.5. The Balaban J connectivity index is 1.72. The molecule has 0 N–H and O–H groups in total. The molecule has 1 aromatic carbocycles. The van der Waals surface area contributed by atoms with E-state index in [0.29, 0.717) is 5.75 Å². The van der Waals surface area contributed by atoms with E-state index in [9.17, 15) is 5.26 Å². The maximum atomic E-state index is 9.22. The molecule has 168 valence electrons. The number of aromatic nitrogens is 2. The molecule has 0 aliphatic heterocycles. The van der Waals surface area contributed by atoms with Gasteiger partial charge < -0.3 is 4.74 Å². The maximum absolute atomic E-state index is 9.22. The summed E-state index contributed by atoms with van der Waals surface area (Å²) >= 11 is 0. The fourth-order valence-electron chi connectivity index (χ4n) is 3.66. The van der Waals surface area contributed by atoms with E-state index < -0.39 is 0 Å². The van der Waals surface area contributed by atoms with Crippen molar-refractivity contribution >= 4 is 0 Å². The van der Waals surface area contributed by atoms with Gasteiger partial charge >= 0.3 is 0 Å². The van der Waals surface area contributed by atoms with Crippen molar-refractivity contribution in [3.63, 3.8) is 0 Å². The zero-order valence-corrected chi connectivity index (χ0v) is 19.5. The summed E-state index contributed by atoms with van der Waals surface area (Å²) in [5.74, 6) is 1.44. The predicted molar refractivity (Wildman–Crippen MR) is 128 cm³/mol. The van der Waals surface area contributed by atoms with E-state index in [1.54, 1.807) is 0 Å². The van der Waals surface area contributed by atoms with E-state index in [4.69, 9.17) is 4.74 Å². The lowest BCUT2D eigenvalue weighted by molar-refractivity contribution is 0.241. The smallest absolute Gasteiger partial charge is 0.184 e. The van der Waals surface area contributed by atoms with Crippen molar-refractivity contribution in [1.29, 1.82) is 5.26 Å². The van der Waals surface area contributed by atoms with Crippen molar-refractivity contribution in [2.24, 2.45) is 0 Å². The molecular weight excluding hydrogens is 382 g/mol. The van der Waals surface area contributed by atoms with Gasteiger partial charge in [-0.15, -0.1) is 0 Å². The van der Waals surface area contributed by atoms with Crippen LogP contribution in [0.15, 0.2) is 36.7 Å². The summed E-state index contributed by atoms with van der Waals surface area (Å²) in [5, 5.41) is 9.22. The second kappa shape index (κ2) is 15.4. The molecule has 0 radical (unpaired) electrons. The summed E-state index contributed by atoms with van der Waals surface area (Å²) < 4.78 is 5.77. The number of unbranched alkanes of at least 4 members (excludes halogenated alkanes) is 9. The largest absolute Gasteiger partial charge is 0.476 e. The summed E-state index contributed by atoms with van der Waals surface area (Å²) in [6.45, 7) is 4.38. The van der Waals surface area contributed by atoms with Crippen molar-refractivity contribution in [2.45, 2.75) is 103 Å². The average molecular weight is 422 g/mol. The molecule has 0 fully saturated rings. The molecule has 0 spiro atoms. The predicted octanol–water partition coefficient (Wildman–Crippen LogP) is 7.68. The van der Waals surface area contributed by atoms with Crippen molar-refractivity contribution in [1.82, 2.24) is 9.97 Å². The molecule has 2 aromatic rings. The highest BCUT2D eigenvalue weighted by molar-refractivity contribution is 5.55. The molecule has 0 aliphatic rings. The van der Waals surface area contributed by atoms with Gasteiger partial charge in [-0.2, -0.15) is 5.26 Å². The van der Waals surface area contributed by atoms with Crippen LogP contribution in [-0.4, -0.2) is 16.1 Å². The first-order valence-electron chi connectivity index (χ1n) is 12.2. The van der Waals surface area contributed by atoms with Gasteiger partial charge in [-0.1, -0.05) is 71.6 Å². The Labute approximate surface area is 189 Å². The van der Waals surface area contributed by atoms with Crippen LogP contribution < -0.4 is 4.74 Å². The highest BCUT2D eigenvalue weighted by Crippen LogP contribution is 2.21. The first-order valence-corrected chi connectivity index (χ1v) is 12.2. The van der Waals surface area contributed by atoms with Crippen molar-refractivity contribution in [3.8, 4) is 23.2 Å². The minimum Gasteiger partial charge on any atom is -0.476 e. The summed E-state index contributed by atoms with van der Waals surface area (Å²) in [6.07, 6.45) is 19.5. The van der Waals surface area contributed by atoms with Gasteiger partial charge in [0, 0.05) is 18.0 Å². The number of rotatable bonds is 16. The highest BCUT2D eigenvalue weighted by atomic mass is 16.5. The third kappa shape index (κ3) is 9.96. The second-order valence-electron chi connectivity index (χ2n) is 8.40. The summed E-state index contributed by atoms with van der Waals surface area (Å²) in [7, 11) is 0. The molecule has 1 heterocycles.